The molecule has 0 fully saturated rings. The highest BCUT2D eigenvalue weighted by Gasteiger charge is 2.10. The fourth-order valence-electron chi connectivity index (χ4n) is 2.17. The zero-order valence-electron chi connectivity index (χ0n) is 10.4. The molecule has 0 aliphatic heterocycles. The minimum atomic E-state index is 0.545. The third kappa shape index (κ3) is 1.99. The molecule has 1 heterocycles. The molecule has 88 valence electrons. The summed E-state index contributed by atoms with van der Waals surface area (Å²) in [5.74, 6) is 0.879. The second kappa shape index (κ2) is 4.50. The Morgan fingerprint density at radius 2 is 2.12 bits per heavy atom. The summed E-state index contributed by atoms with van der Waals surface area (Å²) in [6, 6.07) is 6.25. The van der Waals surface area contributed by atoms with E-state index in [9.17, 15) is 0 Å². The zero-order valence-corrected chi connectivity index (χ0v) is 10.4. The Bertz CT molecular complexity index is 590. The van der Waals surface area contributed by atoms with E-state index in [0.29, 0.717) is 6.42 Å². The Hall–Kier alpha value is -1.95. The van der Waals surface area contributed by atoms with E-state index in [4.69, 9.17) is 10.00 Å². The van der Waals surface area contributed by atoms with Crippen LogP contribution in [0.2, 0.25) is 0 Å². The standard InChI is InChI=1S/C14H16N2O/c1-9-7-11(17-3)8-12-10(2)13(5-4-6-15)16-14(9)12/h7-8,16H,4-5H2,1-3H3. The van der Waals surface area contributed by atoms with Gasteiger partial charge in [0.2, 0.25) is 0 Å². The van der Waals surface area contributed by atoms with Gasteiger partial charge in [0.05, 0.1) is 13.2 Å². The Morgan fingerprint density at radius 1 is 1.35 bits per heavy atom. The molecule has 0 aliphatic rings. The van der Waals surface area contributed by atoms with Crippen LogP contribution in [0.15, 0.2) is 12.1 Å². The predicted molar refractivity (Wildman–Crippen MR) is 68.3 cm³/mol. The number of aromatic amines is 1. The number of H-pyrrole nitrogens is 1. The van der Waals surface area contributed by atoms with Gasteiger partial charge in [0, 0.05) is 29.4 Å². The summed E-state index contributed by atoms with van der Waals surface area (Å²) >= 11 is 0. The predicted octanol–water partition coefficient (Wildman–Crippen LogP) is 3.25. The lowest BCUT2D eigenvalue weighted by Crippen LogP contribution is -1.86. The number of hydrogen-bond acceptors (Lipinski definition) is 2. The molecule has 0 aliphatic carbocycles. The van der Waals surface area contributed by atoms with Crippen LogP contribution in [0.1, 0.15) is 23.2 Å². The van der Waals surface area contributed by atoms with Crippen molar-refractivity contribution in [1.82, 2.24) is 4.98 Å². The molecule has 2 aromatic rings. The first-order valence-electron chi connectivity index (χ1n) is 5.70. The molecule has 1 aromatic heterocycles. The van der Waals surface area contributed by atoms with Crippen molar-refractivity contribution in [1.29, 1.82) is 5.26 Å². The number of methoxy groups -OCH3 is 1. The molecule has 1 N–H and O–H groups in total. The van der Waals surface area contributed by atoms with Gasteiger partial charge in [0.15, 0.2) is 0 Å². The summed E-state index contributed by atoms with van der Waals surface area (Å²) in [5, 5.41) is 9.84. The third-order valence-electron chi connectivity index (χ3n) is 3.16. The number of aryl methyl sites for hydroxylation is 3. The molecule has 3 heteroatoms. The second-order valence-electron chi connectivity index (χ2n) is 4.25. The highest BCUT2D eigenvalue weighted by Crippen LogP contribution is 2.29. The molecule has 0 radical (unpaired) electrons. The van der Waals surface area contributed by atoms with Gasteiger partial charge >= 0.3 is 0 Å². The maximum Gasteiger partial charge on any atom is 0.119 e. The molecule has 17 heavy (non-hydrogen) atoms. The monoisotopic (exact) mass is 228 g/mol. The molecular weight excluding hydrogens is 212 g/mol. The Labute approximate surface area is 101 Å². The molecule has 0 spiro atoms. The number of fused-ring (bicyclic) bond motifs is 1. The SMILES string of the molecule is COc1cc(C)c2[nH]c(CCC#N)c(C)c2c1. The lowest BCUT2D eigenvalue weighted by atomic mass is 10.1. The molecular formula is C14H16N2O. The molecule has 0 unspecified atom stereocenters. The lowest BCUT2D eigenvalue weighted by molar-refractivity contribution is 0.415. The van der Waals surface area contributed by atoms with Gasteiger partial charge in [-0.25, -0.2) is 0 Å². The number of aromatic nitrogens is 1. The summed E-state index contributed by atoms with van der Waals surface area (Å²) in [4.78, 5) is 3.41. The van der Waals surface area contributed by atoms with Crippen molar-refractivity contribution in [3.05, 3.63) is 29.0 Å². The summed E-state index contributed by atoms with van der Waals surface area (Å²) in [7, 11) is 1.68. The van der Waals surface area contributed by atoms with E-state index in [2.05, 4.69) is 24.9 Å². The molecule has 2 rings (SSSR count). The normalized spacial score (nSPS) is 10.5. The van der Waals surface area contributed by atoms with Crippen LogP contribution in [0.4, 0.5) is 0 Å². The van der Waals surface area contributed by atoms with Gasteiger partial charge in [-0.2, -0.15) is 5.26 Å². The van der Waals surface area contributed by atoms with E-state index < -0.39 is 0 Å². The van der Waals surface area contributed by atoms with Gasteiger partial charge in [0.25, 0.3) is 0 Å². The number of rotatable bonds is 3. The van der Waals surface area contributed by atoms with E-state index in [-0.39, 0.29) is 0 Å². The first-order chi connectivity index (χ1) is 8.17. The fourth-order valence-corrected chi connectivity index (χ4v) is 2.17. The quantitative estimate of drug-likeness (QED) is 0.876. The minimum absolute atomic E-state index is 0.545. The first-order valence-corrected chi connectivity index (χ1v) is 5.70. The van der Waals surface area contributed by atoms with Crippen LogP contribution in [-0.2, 0) is 6.42 Å². The molecule has 0 saturated carbocycles. The molecule has 0 atom stereocenters. The highest BCUT2D eigenvalue weighted by molar-refractivity contribution is 5.88. The number of hydrogen-bond donors (Lipinski definition) is 1. The average molecular weight is 228 g/mol. The van der Waals surface area contributed by atoms with Crippen LogP contribution < -0.4 is 4.74 Å². The van der Waals surface area contributed by atoms with Crippen molar-refractivity contribution in [2.45, 2.75) is 26.7 Å². The van der Waals surface area contributed by atoms with Crippen molar-refractivity contribution >= 4 is 10.9 Å². The van der Waals surface area contributed by atoms with Crippen molar-refractivity contribution in [2.24, 2.45) is 0 Å². The molecule has 3 nitrogen and oxygen atoms in total. The first kappa shape index (κ1) is 11.5. The number of nitriles is 1. The zero-order chi connectivity index (χ0) is 12.4. The smallest absolute Gasteiger partial charge is 0.119 e. The molecule has 1 aromatic carbocycles. The van der Waals surface area contributed by atoms with Gasteiger partial charge in [-0.05, 0) is 37.1 Å². The van der Waals surface area contributed by atoms with E-state index in [0.717, 1.165) is 23.4 Å². The topological polar surface area (TPSA) is 48.8 Å². The average Bonchev–Trinajstić information content (AvgIpc) is 2.65. The van der Waals surface area contributed by atoms with E-state index in [1.165, 1.54) is 16.5 Å². The van der Waals surface area contributed by atoms with Gasteiger partial charge in [-0.15, -0.1) is 0 Å². The highest BCUT2D eigenvalue weighted by atomic mass is 16.5. The van der Waals surface area contributed by atoms with Crippen LogP contribution in [-0.4, -0.2) is 12.1 Å². The summed E-state index contributed by atoms with van der Waals surface area (Å²) in [6.07, 6.45) is 1.32. The van der Waals surface area contributed by atoms with E-state index in [1.807, 2.05) is 12.1 Å². The summed E-state index contributed by atoms with van der Waals surface area (Å²) in [5.41, 5.74) is 4.69. The van der Waals surface area contributed by atoms with E-state index in [1.54, 1.807) is 7.11 Å². The van der Waals surface area contributed by atoms with Crippen molar-refractivity contribution in [3.63, 3.8) is 0 Å². The minimum Gasteiger partial charge on any atom is -0.497 e. The number of ether oxygens (including phenoxy) is 1. The van der Waals surface area contributed by atoms with Crippen LogP contribution in [0.3, 0.4) is 0 Å². The maximum atomic E-state index is 8.65. The van der Waals surface area contributed by atoms with Gasteiger partial charge in [-0.1, -0.05) is 0 Å². The number of benzene rings is 1. The van der Waals surface area contributed by atoms with Gasteiger partial charge < -0.3 is 9.72 Å². The second-order valence-corrected chi connectivity index (χ2v) is 4.25. The summed E-state index contributed by atoms with van der Waals surface area (Å²) in [6.45, 7) is 4.15. The largest absolute Gasteiger partial charge is 0.497 e. The van der Waals surface area contributed by atoms with Gasteiger partial charge in [0.1, 0.15) is 5.75 Å². The Balaban J connectivity index is 2.57. The van der Waals surface area contributed by atoms with Crippen molar-refractivity contribution in [3.8, 4) is 11.8 Å². The van der Waals surface area contributed by atoms with E-state index >= 15 is 0 Å². The molecule has 0 saturated heterocycles. The Morgan fingerprint density at radius 3 is 2.76 bits per heavy atom. The van der Waals surface area contributed by atoms with Crippen LogP contribution in [0.25, 0.3) is 10.9 Å². The van der Waals surface area contributed by atoms with Crippen molar-refractivity contribution in [2.75, 3.05) is 7.11 Å². The Kier molecular flexibility index (Phi) is 3.06. The summed E-state index contributed by atoms with van der Waals surface area (Å²) < 4.78 is 5.28. The molecule has 0 bridgehead atoms. The van der Waals surface area contributed by atoms with Crippen LogP contribution in [0.5, 0.6) is 5.75 Å². The molecule has 0 amide bonds. The maximum absolute atomic E-state index is 8.65. The lowest BCUT2D eigenvalue weighted by Gasteiger charge is -2.02. The van der Waals surface area contributed by atoms with Gasteiger partial charge in [-0.3, -0.25) is 0 Å². The number of nitrogens with zero attached hydrogens (tertiary/aromatic N) is 1. The van der Waals surface area contributed by atoms with Crippen LogP contribution in [0, 0.1) is 25.2 Å². The van der Waals surface area contributed by atoms with Crippen molar-refractivity contribution < 1.29 is 4.74 Å². The fraction of sp³-hybridized carbons (Fsp3) is 0.357. The third-order valence-corrected chi connectivity index (χ3v) is 3.16. The van der Waals surface area contributed by atoms with Crippen LogP contribution >= 0.6 is 0 Å². The number of nitrogens with one attached hydrogen (secondary N) is 1.